The van der Waals surface area contributed by atoms with Crippen LogP contribution < -0.4 is 20.1 Å². The summed E-state index contributed by atoms with van der Waals surface area (Å²) in [6.07, 6.45) is -0.647. The lowest BCUT2D eigenvalue weighted by molar-refractivity contribution is -0.115. The summed E-state index contributed by atoms with van der Waals surface area (Å²) >= 11 is 0. The van der Waals surface area contributed by atoms with E-state index < -0.39 is 17.6 Å². The van der Waals surface area contributed by atoms with Crippen LogP contribution in [-0.4, -0.2) is 37.4 Å². The lowest BCUT2D eigenvalue weighted by Gasteiger charge is -2.19. The summed E-state index contributed by atoms with van der Waals surface area (Å²) in [7, 11) is 0. The summed E-state index contributed by atoms with van der Waals surface area (Å²) in [6.45, 7) is 9.75. The molecule has 0 fully saturated rings. The molecule has 7 nitrogen and oxygen atoms in total. The van der Waals surface area contributed by atoms with Gasteiger partial charge in [0.05, 0.1) is 18.9 Å². The van der Waals surface area contributed by atoms with E-state index in [1.54, 1.807) is 39.0 Å². The van der Waals surface area contributed by atoms with E-state index in [0.717, 1.165) is 0 Å². The zero-order valence-corrected chi connectivity index (χ0v) is 14.9. The molecule has 134 valence electrons. The third-order valence-corrected chi connectivity index (χ3v) is 2.63. The van der Waals surface area contributed by atoms with Crippen LogP contribution in [0.4, 0.5) is 10.5 Å². The summed E-state index contributed by atoms with van der Waals surface area (Å²) in [5.74, 6) is 0.762. The van der Waals surface area contributed by atoms with Crippen LogP contribution in [0.15, 0.2) is 18.2 Å². The Hall–Kier alpha value is -2.44. The lowest BCUT2D eigenvalue weighted by Crippen LogP contribution is -2.37. The normalized spacial score (nSPS) is 10.7. The van der Waals surface area contributed by atoms with E-state index in [1.807, 2.05) is 13.8 Å². The van der Waals surface area contributed by atoms with Crippen molar-refractivity contribution in [1.29, 1.82) is 0 Å². The summed E-state index contributed by atoms with van der Waals surface area (Å²) in [4.78, 5) is 23.6. The molecule has 2 N–H and O–H groups in total. The van der Waals surface area contributed by atoms with E-state index in [9.17, 15) is 9.59 Å². The number of nitrogens with one attached hydrogen (secondary N) is 2. The van der Waals surface area contributed by atoms with Crippen molar-refractivity contribution in [2.75, 3.05) is 25.1 Å². The Morgan fingerprint density at radius 1 is 1.08 bits per heavy atom. The molecule has 2 amide bonds. The Morgan fingerprint density at radius 3 is 2.33 bits per heavy atom. The molecule has 1 aromatic rings. The summed E-state index contributed by atoms with van der Waals surface area (Å²) < 4.78 is 16.0. The van der Waals surface area contributed by atoms with Crippen molar-refractivity contribution in [3.63, 3.8) is 0 Å². The minimum Gasteiger partial charge on any atom is -0.494 e. The molecule has 1 rings (SSSR count). The summed E-state index contributed by atoms with van der Waals surface area (Å²) in [5.41, 5.74) is -0.132. The Balaban J connectivity index is 2.67. The fourth-order valence-electron chi connectivity index (χ4n) is 1.81. The van der Waals surface area contributed by atoms with Crippen LogP contribution in [0.3, 0.4) is 0 Å². The second-order valence-corrected chi connectivity index (χ2v) is 5.93. The molecule has 0 atom stereocenters. The first kappa shape index (κ1) is 19.6. The van der Waals surface area contributed by atoms with E-state index in [1.165, 1.54) is 0 Å². The highest BCUT2D eigenvalue weighted by molar-refractivity contribution is 5.95. The molecule has 0 heterocycles. The molecule has 24 heavy (non-hydrogen) atoms. The Bertz CT molecular complexity index is 567. The van der Waals surface area contributed by atoms with Crippen molar-refractivity contribution >= 4 is 17.7 Å². The van der Waals surface area contributed by atoms with Gasteiger partial charge >= 0.3 is 6.09 Å². The minimum atomic E-state index is -0.647. The van der Waals surface area contributed by atoms with Crippen molar-refractivity contribution in [3.05, 3.63) is 18.2 Å². The maximum absolute atomic E-state index is 12.0. The van der Waals surface area contributed by atoms with Gasteiger partial charge in [-0.3, -0.25) is 4.79 Å². The number of carbonyl (C=O) groups is 2. The Morgan fingerprint density at radius 2 is 1.75 bits per heavy atom. The molecule has 0 saturated carbocycles. The highest BCUT2D eigenvalue weighted by atomic mass is 16.6. The second kappa shape index (κ2) is 9.00. The first-order valence-electron chi connectivity index (χ1n) is 7.91. The molecule has 0 unspecified atom stereocenters. The molecule has 0 saturated heterocycles. The number of carbonyl (C=O) groups excluding carboxylic acids is 2. The average Bonchev–Trinajstić information content (AvgIpc) is 2.46. The smallest absolute Gasteiger partial charge is 0.408 e. The zero-order chi connectivity index (χ0) is 18.2. The number of hydrogen-bond acceptors (Lipinski definition) is 5. The van der Waals surface area contributed by atoms with Gasteiger partial charge in [0.1, 0.15) is 23.6 Å². The SMILES string of the molecule is CCOc1ccc(OCC)c(NC(=O)CNC(=O)OC(C)(C)C)c1. The lowest BCUT2D eigenvalue weighted by atomic mass is 10.2. The zero-order valence-electron chi connectivity index (χ0n) is 14.9. The van der Waals surface area contributed by atoms with Crippen molar-refractivity contribution in [2.24, 2.45) is 0 Å². The van der Waals surface area contributed by atoms with Crippen LogP contribution in [0.2, 0.25) is 0 Å². The molecule has 0 aliphatic carbocycles. The number of anilines is 1. The van der Waals surface area contributed by atoms with Crippen molar-refractivity contribution < 1.29 is 23.8 Å². The molecule has 0 aromatic heterocycles. The molecular weight excluding hydrogens is 312 g/mol. The van der Waals surface area contributed by atoms with Gasteiger partial charge in [-0.25, -0.2) is 4.79 Å². The predicted molar refractivity (Wildman–Crippen MR) is 91.6 cm³/mol. The van der Waals surface area contributed by atoms with E-state index in [2.05, 4.69) is 10.6 Å². The molecule has 7 heteroatoms. The van der Waals surface area contributed by atoms with Gasteiger partial charge in [-0.05, 0) is 46.8 Å². The highest BCUT2D eigenvalue weighted by Gasteiger charge is 2.17. The minimum absolute atomic E-state index is 0.209. The first-order chi connectivity index (χ1) is 11.2. The fourth-order valence-corrected chi connectivity index (χ4v) is 1.81. The Labute approximate surface area is 142 Å². The molecule has 0 spiro atoms. The maximum Gasteiger partial charge on any atom is 0.408 e. The van der Waals surface area contributed by atoms with Crippen molar-refractivity contribution in [3.8, 4) is 11.5 Å². The van der Waals surface area contributed by atoms with Crippen LogP contribution in [0.1, 0.15) is 34.6 Å². The highest BCUT2D eigenvalue weighted by Crippen LogP contribution is 2.29. The Kier molecular flexibility index (Phi) is 7.35. The fraction of sp³-hybridized carbons (Fsp3) is 0.529. The topological polar surface area (TPSA) is 85.9 Å². The van der Waals surface area contributed by atoms with E-state index in [4.69, 9.17) is 14.2 Å². The monoisotopic (exact) mass is 338 g/mol. The summed E-state index contributed by atoms with van der Waals surface area (Å²) in [5, 5.41) is 5.10. The first-order valence-corrected chi connectivity index (χ1v) is 7.91. The molecule has 1 aromatic carbocycles. The van der Waals surface area contributed by atoms with Gasteiger partial charge in [0.25, 0.3) is 0 Å². The van der Waals surface area contributed by atoms with Gasteiger partial charge in [0.15, 0.2) is 0 Å². The van der Waals surface area contributed by atoms with Gasteiger partial charge in [-0.1, -0.05) is 0 Å². The number of rotatable bonds is 7. The predicted octanol–water partition coefficient (Wildman–Crippen LogP) is 2.95. The van der Waals surface area contributed by atoms with Gasteiger partial charge in [-0.15, -0.1) is 0 Å². The van der Waals surface area contributed by atoms with Crippen LogP contribution >= 0.6 is 0 Å². The van der Waals surface area contributed by atoms with Crippen LogP contribution in [0, 0.1) is 0 Å². The third kappa shape index (κ3) is 7.21. The van der Waals surface area contributed by atoms with Gasteiger partial charge in [0.2, 0.25) is 5.91 Å². The molecular formula is C17H26N2O5. The van der Waals surface area contributed by atoms with Crippen LogP contribution in [0.25, 0.3) is 0 Å². The average molecular weight is 338 g/mol. The van der Waals surface area contributed by atoms with E-state index >= 15 is 0 Å². The largest absolute Gasteiger partial charge is 0.494 e. The van der Waals surface area contributed by atoms with Crippen molar-refractivity contribution in [1.82, 2.24) is 5.32 Å². The number of alkyl carbamates (subject to hydrolysis) is 1. The standard InChI is InChI=1S/C17H26N2O5/c1-6-22-12-8-9-14(23-7-2)13(10-12)19-15(20)11-18-16(21)24-17(3,4)5/h8-10H,6-7,11H2,1-5H3,(H,18,21)(H,19,20). The van der Waals surface area contributed by atoms with Crippen LogP contribution in [0.5, 0.6) is 11.5 Å². The van der Waals surface area contributed by atoms with Gasteiger partial charge < -0.3 is 24.8 Å². The second-order valence-electron chi connectivity index (χ2n) is 5.93. The molecule has 0 aliphatic heterocycles. The number of amides is 2. The molecule has 0 aliphatic rings. The molecule has 0 radical (unpaired) electrons. The quantitative estimate of drug-likeness (QED) is 0.798. The van der Waals surface area contributed by atoms with Gasteiger partial charge in [-0.2, -0.15) is 0 Å². The van der Waals surface area contributed by atoms with Crippen LogP contribution in [-0.2, 0) is 9.53 Å². The third-order valence-electron chi connectivity index (χ3n) is 2.63. The van der Waals surface area contributed by atoms with Crippen molar-refractivity contribution in [2.45, 2.75) is 40.2 Å². The van der Waals surface area contributed by atoms with E-state index in [0.29, 0.717) is 30.4 Å². The van der Waals surface area contributed by atoms with E-state index in [-0.39, 0.29) is 6.54 Å². The number of hydrogen-bond donors (Lipinski definition) is 2. The number of benzene rings is 1. The van der Waals surface area contributed by atoms with Gasteiger partial charge in [0, 0.05) is 6.07 Å². The maximum atomic E-state index is 12.0. The molecule has 0 bridgehead atoms. The number of ether oxygens (including phenoxy) is 3. The summed E-state index contributed by atoms with van der Waals surface area (Å²) in [6, 6.07) is 5.17.